The van der Waals surface area contributed by atoms with E-state index in [0.29, 0.717) is 59.1 Å². The number of hydrogen-bond donors (Lipinski definition) is 2. The monoisotopic (exact) mass is 916 g/mol. The predicted octanol–water partition coefficient (Wildman–Crippen LogP) is 10.5. The molecule has 4 aromatic carbocycles. The largest absolute Gasteiger partial charge is 0.496 e. The second-order valence-electron chi connectivity index (χ2n) is 17.1. The van der Waals surface area contributed by atoms with Gasteiger partial charge >= 0.3 is 6.09 Å². The summed E-state index contributed by atoms with van der Waals surface area (Å²) in [5, 5.41) is 24.9. The zero-order valence-electron chi connectivity index (χ0n) is 38.1. The Bertz CT molecular complexity index is 2370. The van der Waals surface area contributed by atoms with Crippen LogP contribution < -0.4 is 14.2 Å². The van der Waals surface area contributed by atoms with E-state index in [1.54, 1.807) is 53.5 Å². The third-order valence-electron chi connectivity index (χ3n) is 12.9. The summed E-state index contributed by atoms with van der Waals surface area (Å²) in [6, 6.07) is 25.5. The Morgan fingerprint density at radius 2 is 1.67 bits per heavy atom. The van der Waals surface area contributed by atoms with Crippen LogP contribution in [0.15, 0.2) is 133 Å². The summed E-state index contributed by atoms with van der Waals surface area (Å²) in [5.74, 6) is -1.13. The van der Waals surface area contributed by atoms with Crippen molar-refractivity contribution in [1.82, 2.24) is 4.90 Å². The molecule has 1 heterocycles. The number of carbonyl (C=O) groups is 2. The number of oxime groups is 1. The Morgan fingerprint density at radius 3 is 2.39 bits per heavy atom. The standard InChI is InChI=1S/C54H61FN2O10/c1-4-6-29-63-53(61)57(34-37-18-20-41(55)21-19-37)50-33-47(56-65-36-38-14-8-7-9-15-38)45-31-39(16-10-12-26-58)44(17-11-13-27-59)51-46-32-43(66-42-22-24-48(62-3)40(30-42)35-60)23-25-49(46)67-54(50,52(45)51)64-28-5-2/h4-5,7-9,14-15,18-25,30-32,35,39,44,50-52,58-59H,1-2,6,10-13,16-17,26-29,33-34,36H2,3H3/t39-,44+,50-,51+,52+,54+/m0/s1. The number of amides is 1. The lowest BCUT2D eigenvalue weighted by atomic mass is 9.55. The maximum atomic E-state index is 14.7. The Morgan fingerprint density at radius 1 is 0.925 bits per heavy atom. The van der Waals surface area contributed by atoms with Gasteiger partial charge in [0.2, 0.25) is 5.79 Å². The normalized spacial score (nSPS) is 22.0. The highest BCUT2D eigenvalue weighted by atomic mass is 19.1. The first-order valence-corrected chi connectivity index (χ1v) is 23.1. The lowest BCUT2D eigenvalue weighted by Gasteiger charge is -2.59. The van der Waals surface area contributed by atoms with Gasteiger partial charge in [-0.1, -0.05) is 78.7 Å². The summed E-state index contributed by atoms with van der Waals surface area (Å²) >= 11 is 0. The molecule has 0 radical (unpaired) electrons. The van der Waals surface area contributed by atoms with Crippen molar-refractivity contribution in [2.75, 3.05) is 33.5 Å². The van der Waals surface area contributed by atoms with E-state index in [1.165, 1.54) is 19.2 Å². The van der Waals surface area contributed by atoms with Crippen LogP contribution in [0.5, 0.6) is 23.0 Å². The van der Waals surface area contributed by atoms with Gasteiger partial charge in [0.1, 0.15) is 41.5 Å². The van der Waals surface area contributed by atoms with Crippen molar-refractivity contribution in [1.29, 1.82) is 0 Å². The smallest absolute Gasteiger partial charge is 0.410 e. The van der Waals surface area contributed by atoms with Gasteiger partial charge < -0.3 is 38.7 Å². The van der Waals surface area contributed by atoms with Crippen LogP contribution in [0.3, 0.4) is 0 Å². The molecule has 4 aromatic rings. The molecule has 1 amide bonds. The van der Waals surface area contributed by atoms with Crippen molar-refractivity contribution in [2.45, 2.75) is 82.3 Å². The summed E-state index contributed by atoms with van der Waals surface area (Å²) in [6.07, 6.45) is 10.4. The fraction of sp³-hybridized carbons (Fsp3) is 0.389. The molecule has 3 aliphatic rings. The first-order chi connectivity index (χ1) is 32.8. The van der Waals surface area contributed by atoms with E-state index in [1.807, 2.05) is 42.5 Å². The number of aliphatic hydroxyl groups is 2. The number of hydrogen-bond acceptors (Lipinski definition) is 11. The van der Waals surface area contributed by atoms with E-state index in [2.05, 4.69) is 19.2 Å². The Balaban J connectivity index is 1.45. The van der Waals surface area contributed by atoms with Crippen molar-refractivity contribution in [3.8, 4) is 23.0 Å². The van der Waals surface area contributed by atoms with E-state index in [0.717, 1.165) is 48.7 Å². The average Bonchev–Trinajstić information content (AvgIpc) is 3.35. The summed E-state index contributed by atoms with van der Waals surface area (Å²) in [6.45, 7) is 8.27. The van der Waals surface area contributed by atoms with Crippen LogP contribution in [0.2, 0.25) is 0 Å². The van der Waals surface area contributed by atoms with Crippen molar-refractivity contribution in [2.24, 2.45) is 22.9 Å². The number of allylic oxidation sites excluding steroid dienone is 1. The first-order valence-electron chi connectivity index (χ1n) is 23.1. The minimum Gasteiger partial charge on any atom is -0.496 e. The summed E-state index contributed by atoms with van der Waals surface area (Å²) in [4.78, 5) is 34.5. The molecule has 13 heteroatoms. The summed E-state index contributed by atoms with van der Waals surface area (Å²) < 4.78 is 46.6. The van der Waals surface area contributed by atoms with Gasteiger partial charge in [-0.05, 0) is 109 Å². The molecule has 6 atom stereocenters. The molecule has 67 heavy (non-hydrogen) atoms. The number of halogens is 1. The Kier molecular flexibility index (Phi) is 17.0. The van der Waals surface area contributed by atoms with E-state index >= 15 is 0 Å². The van der Waals surface area contributed by atoms with Crippen molar-refractivity contribution in [3.63, 3.8) is 0 Å². The summed E-state index contributed by atoms with van der Waals surface area (Å²) in [5.41, 5.74) is 4.23. The Hall–Kier alpha value is -6.28. The number of rotatable bonds is 24. The molecule has 2 N–H and O–H groups in total. The van der Waals surface area contributed by atoms with Crippen molar-refractivity contribution < 1.29 is 52.7 Å². The SMILES string of the molecule is C=CCCOC(=O)N(Cc1ccc(F)cc1)[C@H]1CC(=NOCc2ccccc2)C2=C[C@H](CCCCO)[C@@H](CCCCO)[C@@H]3c4cc(Oc5ccc(OC)c(C=O)c5)ccc4O[C@@]1(OCC=C)[C@H]23. The third kappa shape index (κ3) is 11.3. The fourth-order valence-corrected chi connectivity index (χ4v) is 9.88. The molecular weight excluding hydrogens is 856 g/mol. The molecule has 7 rings (SSSR count). The number of methoxy groups -OCH3 is 1. The molecule has 0 unspecified atom stereocenters. The van der Waals surface area contributed by atoms with Gasteiger partial charge in [-0.25, -0.2) is 9.18 Å². The summed E-state index contributed by atoms with van der Waals surface area (Å²) in [7, 11) is 1.50. The number of carbonyl (C=O) groups excluding carboxylic acids is 2. The highest BCUT2D eigenvalue weighted by molar-refractivity contribution is 6.03. The highest BCUT2D eigenvalue weighted by Gasteiger charge is 2.65. The van der Waals surface area contributed by atoms with Gasteiger partial charge in [0.25, 0.3) is 0 Å². The van der Waals surface area contributed by atoms with Crippen LogP contribution in [0.25, 0.3) is 0 Å². The van der Waals surface area contributed by atoms with Crippen LogP contribution in [-0.2, 0) is 27.5 Å². The molecule has 0 bridgehead atoms. The quantitative estimate of drug-likeness (QED) is 0.0301. The molecule has 0 spiro atoms. The number of ether oxygens (including phenoxy) is 5. The van der Waals surface area contributed by atoms with Crippen LogP contribution in [0.4, 0.5) is 9.18 Å². The molecule has 1 fully saturated rings. The third-order valence-corrected chi connectivity index (χ3v) is 12.9. The number of unbranched alkanes of at least 4 members (excludes halogenated alkanes) is 2. The number of benzene rings is 4. The molecule has 1 aliphatic heterocycles. The predicted molar refractivity (Wildman–Crippen MR) is 253 cm³/mol. The molecule has 0 saturated heterocycles. The van der Waals surface area contributed by atoms with Gasteiger partial charge in [0, 0.05) is 37.7 Å². The number of aldehydes is 1. The first kappa shape index (κ1) is 48.6. The number of fused-ring (bicyclic) bond motifs is 2. The topological polar surface area (TPSA) is 146 Å². The molecule has 1 saturated carbocycles. The minimum atomic E-state index is -1.57. The van der Waals surface area contributed by atoms with E-state index < -0.39 is 29.7 Å². The van der Waals surface area contributed by atoms with Crippen molar-refractivity contribution in [3.05, 3.63) is 156 Å². The van der Waals surface area contributed by atoms with E-state index in [4.69, 9.17) is 33.7 Å². The van der Waals surface area contributed by atoms with Gasteiger partial charge in [0.15, 0.2) is 6.29 Å². The molecule has 354 valence electrons. The molecule has 12 nitrogen and oxygen atoms in total. The number of nitrogens with zero attached hydrogens (tertiary/aromatic N) is 2. The second-order valence-corrected chi connectivity index (χ2v) is 17.1. The lowest BCUT2D eigenvalue weighted by molar-refractivity contribution is -0.256. The molecule has 2 aliphatic carbocycles. The lowest BCUT2D eigenvalue weighted by Crippen LogP contribution is -2.70. The van der Waals surface area contributed by atoms with Crippen LogP contribution >= 0.6 is 0 Å². The van der Waals surface area contributed by atoms with Gasteiger partial charge in [-0.2, -0.15) is 0 Å². The van der Waals surface area contributed by atoms with Gasteiger partial charge in [-0.3, -0.25) is 9.69 Å². The number of aliphatic hydroxyl groups excluding tert-OH is 2. The zero-order valence-corrected chi connectivity index (χ0v) is 38.1. The fourth-order valence-electron chi connectivity index (χ4n) is 9.88. The maximum absolute atomic E-state index is 14.7. The Labute approximate surface area is 392 Å². The van der Waals surface area contributed by atoms with Crippen LogP contribution in [-0.4, -0.2) is 78.6 Å². The average molecular weight is 917 g/mol. The zero-order chi connectivity index (χ0) is 47.2. The van der Waals surface area contributed by atoms with Gasteiger partial charge in [-0.15, -0.1) is 13.2 Å². The highest BCUT2D eigenvalue weighted by Crippen LogP contribution is 2.62. The second kappa shape index (κ2) is 23.4. The van der Waals surface area contributed by atoms with Crippen LogP contribution in [0, 0.1) is 23.6 Å². The maximum Gasteiger partial charge on any atom is 0.410 e. The molecular formula is C54H61FN2O10. The van der Waals surface area contributed by atoms with E-state index in [-0.39, 0.29) is 63.8 Å². The van der Waals surface area contributed by atoms with E-state index in [9.17, 15) is 24.2 Å². The van der Waals surface area contributed by atoms with Gasteiger partial charge in [0.05, 0.1) is 37.5 Å². The minimum absolute atomic E-state index is 0.0130. The van der Waals surface area contributed by atoms with Crippen LogP contribution in [0.1, 0.15) is 84.3 Å². The molecule has 0 aromatic heterocycles. The van der Waals surface area contributed by atoms with Crippen molar-refractivity contribution >= 4 is 18.1 Å².